The summed E-state index contributed by atoms with van der Waals surface area (Å²) in [4.78, 5) is 12.0. The van der Waals surface area contributed by atoms with Crippen molar-refractivity contribution in [3.05, 3.63) is 71.8 Å². The molecule has 2 aromatic rings. The molecule has 3 heteroatoms. The second kappa shape index (κ2) is 7.11. The Morgan fingerprint density at radius 3 is 1.85 bits per heavy atom. The number of alkyl halides is 1. The van der Waals surface area contributed by atoms with Crippen molar-refractivity contribution >= 4 is 17.6 Å². The molecule has 1 atom stereocenters. The quantitative estimate of drug-likeness (QED) is 0.604. The summed E-state index contributed by atoms with van der Waals surface area (Å²) in [6.45, 7) is 1.86. The average molecular weight is 289 g/mol. The van der Waals surface area contributed by atoms with Gasteiger partial charge in [0.1, 0.15) is 5.38 Å². The maximum Gasteiger partial charge on any atom is 0.324 e. The summed E-state index contributed by atoms with van der Waals surface area (Å²) in [5.41, 5.74) is 1.87. The van der Waals surface area contributed by atoms with Crippen LogP contribution in [0.25, 0.3) is 0 Å². The maximum atomic E-state index is 12.0. The first-order chi connectivity index (χ1) is 9.72. The Morgan fingerprint density at radius 1 is 1.00 bits per heavy atom. The van der Waals surface area contributed by atoms with Gasteiger partial charge < -0.3 is 4.74 Å². The first kappa shape index (κ1) is 14.6. The van der Waals surface area contributed by atoms with Gasteiger partial charge >= 0.3 is 5.97 Å². The Bertz CT molecular complexity index is 500. The Labute approximate surface area is 124 Å². The molecule has 0 heterocycles. The molecule has 0 N–H and O–H groups in total. The van der Waals surface area contributed by atoms with Crippen molar-refractivity contribution in [2.24, 2.45) is 0 Å². The minimum atomic E-state index is -0.607. The lowest BCUT2D eigenvalue weighted by molar-refractivity contribution is -0.147. The maximum absolute atomic E-state index is 12.0. The van der Waals surface area contributed by atoms with Crippen LogP contribution in [0.5, 0.6) is 0 Å². The SMILES string of the molecule is CC[C@H](Cl)C(=O)OC(c1ccccc1)c1ccccc1. The largest absolute Gasteiger partial charge is 0.451 e. The van der Waals surface area contributed by atoms with E-state index in [0.717, 1.165) is 11.1 Å². The number of benzene rings is 2. The fourth-order valence-electron chi connectivity index (χ4n) is 1.94. The van der Waals surface area contributed by atoms with Gasteiger partial charge in [0.2, 0.25) is 0 Å². The molecular formula is C17H17ClO2. The smallest absolute Gasteiger partial charge is 0.324 e. The van der Waals surface area contributed by atoms with E-state index in [1.54, 1.807) is 0 Å². The second-order valence-electron chi connectivity index (χ2n) is 4.51. The van der Waals surface area contributed by atoms with Gasteiger partial charge in [0.25, 0.3) is 0 Å². The topological polar surface area (TPSA) is 26.3 Å². The zero-order chi connectivity index (χ0) is 14.4. The van der Waals surface area contributed by atoms with Gasteiger partial charge in [0.15, 0.2) is 6.10 Å². The fourth-order valence-corrected chi connectivity index (χ4v) is 1.99. The number of ether oxygens (including phenoxy) is 1. The lowest BCUT2D eigenvalue weighted by Gasteiger charge is -2.20. The van der Waals surface area contributed by atoms with Crippen LogP contribution in [0, 0.1) is 0 Å². The van der Waals surface area contributed by atoms with Crippen molar-refractivity contribution in [3.63, 3.8) is 0 Å². The molecule has 0 spiro atoms. The molecule has 0 fully saturated rings. The van der Waals surface area contributed by atoms with Gasteiger partial charge in [0.05, 0.1) is 0 Å². The summed E-state index contributed by atoms with van der Waals surface area (Å²) in [6.07, 6.45) is 0.133. The van der Waals surface area contributed by atoms with Gasteiger partial charge in [-0.2, -0.15) is 0 Å². The van der Waals surface area contributed by atoms with Crippen LogP contribution in [0.3, 0.4) is 0 Å². The number of halogens is 1. The average Bonchev–Trinajstić information content (AvgIpc) is 2.53. The highest BCUT2D eigenvalue weighted by Crippen LogP contribution is 2.27. The number of rotatable bonds is 5. The normalized spacial score (nSPS) is 12.2. The number of hydrogen-bond donors (Lipinski definition) is 0. The highest BCUT2D eigenvalue weighted by Gasteiger charge is 2.22. The molecule has 0 aliphatic carbocycles. The van der Waals surface area contributed by atoms with E-state index in [9.17, 15) is 4.79 Å². The molecular weight excluding hydrogens is 272 g/mol. The Hall–Kier alpha value is -1.80. The monoisotopic (exact) mass is 288 g/mol. The van der Waals surface area contributed by atoms with E-state index in [4.69, 9.17) is 16.3 Å². The molecule has 0 aromatic heterocycles. The van der Waals surface area contributed by atoms with E-state index in [1.807, 2.05) is 67.6 Å². The van der Waals surface area contributed by atoms with Gasteiger partial charge in [-0.1, -0.05) is 67.6 Å². The Kier molecular flexibility index (Phi) is 5.19. The second-order valence-corrected chi connectivity index (χ2v) is 5.04. The van der Waals surface area contributed by atoms with Crippen LogP contribution in [0.4, 0.5) is 0 Å². The van der Waals surface area contributed by atoms with E-state index in [1.165, 1.54) is 0 Å². The molecule has 0 aliphatic rings. The molecule has 0 radical (unpaired) electrons. The third kappa shape index (κ3) is 3.61. The Morgan fingerprint density at radius 2 is 1.45 bits per heavy atom. The number of carbonyl (C=O) groups is 1. The summed E-state index contributed by atoms with van der Waals surface area (Å²) >= 11 is 5.96. The number of carbonyl (C=O) groups excluding carboxylic acids is 1. The Balaban J connectivity index is 2.28. The third-order valence-electron chi connectivity index (χ3n) is 3.05. The zero-order valence-corrected chi connectivity index (χ0v) is 12.1. The molecule has 2 aromatic carbocycles. The van der Waals surface area contributed by atoms with Crippen LogP contribution in [0.15, 0.2) is 60.7 Å². The van der Waals surface area contributed by atoms with Crippen LogP contribution in [-0.2, 0) is 9.53 Å². The van der Waals surface area contributed by atoms with Gasteiger partial charge in [-0.25, -0.2) is 0 Å². The third-order valence-corrected chi connectivity index (χ3v) is 3.54. The predicted octanol–water partition coefficient (Wildman–Crippen LogP) is 4.34. The molecule has 2 nitrogen and oxygen atoms in total. The lowest BCUT2D eigenvalue weighted by Crippen LogP contribution is -2.20. The highest BCUT2D eigenvalue weighted by atomic mass is 35.5. The molecule has 0 saturated carbocycles. The molecule has 2 rings (SSSR count). The molecule has 0 amide bonds. The molecule has 104 valence electrons. The van der Waals surface area contributed by atoms with E-state index in [0.29, 0.717) is 6.42 Å². The number of esters is 1. The summed E-state index contributed by atoms with van der Waals surface area (Å²) in [7, 11) is 0. The number of hydrogen-bond acceptors (Lipinski definition) is 2. The van der Waals surface area contributed by atoms with Crippen molar-refractivity contribution in [1.82, 2.24) is 0 Å². The summed E-state index contributed by atoms with van der Waals surface area (Å²) in [5.74, 6) is -0.383. The van der Waals surface area contributed by atoms with Crippen LogP contribution < -0.4 is 0 Å². The highest BCUT2D eigenvalue weighted by molar-refractivity contribution is 6.29. The van der Waals surface area contributed by atoms with Crippen molar-refractivity contribution in [2.45, 2.75) is 24.8 Å². The van der Waals surface area contributed by atoms with Gasteiger partial charge in [-0.15, -0.1) is 11.6 Å². The molecule has 0 aliphatic heterocycles. The summed E-state index contributed by atoms with van der Waals surface area (Å²) in [6, 6.07) is 19.4. The summed E-state index contributed by atoms with van der Waals surface area (Å²) in [5, 5.41) is -0.607. The van der Waals surface area contributed by atoms with Crippen LogP contribution in [0.2, 0.25) is 0 Å². The van der Waals surface area contributed by atoms with Gasteiger partial charge in [-0.05, 0) is 17.5 Å². The fraction of sp³-hybridized carbons (Fsp3) is 0.235. The van der Waals surface area contributed by atoms with Gasteiger partial charge in [0, 0.05) is 0 Å². The summed E-state index contributed by atoms with van der Waals surface area (Å²) < 4.78 is 5.60. The standard InChI is InChI=1S/C17H17ClO2/c1-2-15(18)17(19)20-16(13-9-5-3-6-10-13)14-11-7-4-8-12-14/h3-12,15-16H,2H2,1H3/t15-/m0/s1. The van der Waals surface area contributed by atoms with E-state index >= 15 is 0 Å². The zero-order valence-electron chi connectivity index (χ0n) is 11.3. The van der Waals surface area contributed by atoms with E-state index in [2.05, 4.69) is 0 Å². The van der Waals surface area contributed by atoms with Crippen molar-refractivity contribution in [3.8, 4) is 0 Å². The molecule has 0 unspecified atom stereocenters. The van der Waals surface area contributed by atoms with Gasteiger partial charge in [-0.3, -0.25) is 4.79 Å². The van der Waals surface area contributed by atoms with Crippen LogP contribution in [0.1, 0.15) is 30.6 Å². The van der Waals surface area contributed by atoms with Crippen molar-refractivity contribution < 1.29 is 9.53 Å². The van der Waals surface area contributed by atoms with Crippen LogP contribution in [-0.4, -0.2) is 11.3 Å². The van der Waals surface area contributed by atoms with Crippen LogP contribution >= 0.6 is 11.6 Å². The van der Waals surface area contributed by atoms with E-state index < -0.39 is 11.5 Å². The van der Waals surface area contributed by atoms with Crippen molar-refractivity contribution in [2.75, 3.05) is 0 Å². The van der Waals surface area contributed by atoms with E-state index in [-0.39, 0.29) is 5.97 Å². The molecule has 0 saturated heterocycles. The lowest BCUT2D eigenvalue weighted by atomic mass is 10.0. The predicted molar refractivity (Wildman–Crippen MR) is 80.8 cm³/mol. The van der Waals surface area contributed by atoms with Crippen molar-refractivity contribution in [1.29, 1.82) is 0 Å². The molecule has 0 bridgehead atoms. The minimum Gasteiger partial charge on any atom is -0.451 e. The first-order valence-corrected chi connectivity index (χ1v) is 7.10. The minimum absolute atomic E-state index is 0.383. The molecule has 20 heavy (non-hydrogen) atoms. The first-order valence-electron chi connectivity index (χ1n) is 6.66.